The first-order valence-corrected chi connectivity index (χ1v) is 9.51. The topological polar surface area (TPSA) is 60.2 Å². The third-order valence-electron chi connectivity index (χ3n) is 4.09. The molecular formula is C19H22N4OS. The van der Waals surface area contributed by atoms with E-state index in [0.29, 0.717) is 16.7 Å². The number of aromatic nitrogens is 4. The van der Waals surface area contributed by atoms with Gasteiger partial charge in [0.1, 0.15) is 0 Å². The van der Waals surface area contributed by atoms with E-state index in [2.05, 4.69) is 34.2 Å². The van der Waals surface area contributed by atoms with Crippen LogP contribution < -0.4 is 0 Å². The second-order valence-corrected chi connectivity index (χ2v) is 7.11. The largest absolute Gasteiger partial charge is 0.293 e. The quantitative estimate of drug-likeness (QED) is 0.473. The SMILES string of the molecule is CCCCc1ccc(C(=O)CSc2nnc3nc(C)cc(C)n23)cc1. The summed E-state index contributed by atoms with van der Waals surface area (Å²) >= 11 is 1.40. The molecule has 0 bridgehead atoms. The minimum atomic E-state index is 0.0986. The Kier molecular flexibility index (Phi) is 5.48. The van der Waals surface area contributed by atoms with Gasteiger partial charge in [-0.05, 0) is 38.3 Å². The second-order valence-electron chi connectivity index (χ2n) is 6.17. The number of hydrogen-bond donors (Lipinski definition) is 0. The van der Waals surface area contributed by atoms with E-state index in [9.17, 15) is 4.79 Å². The van der Waals surface area contributed by atoms with Crippen LogP contribution in [0.15, 0.2) is 35.5 Å². The van der Waals surface area contributed by atoms with Gasteiger partial charge in [0.25, 0.3) is 5.78 Å². The highest BCUT2D eigenvalue weighted by molar-refractivity contribution is 7.99. The normalized spacial score (nSPS) is 11.2. The first kappa shape index (κ1) is 17.6. The molecule has 5 nitrogen and oxygen atoms in total. The Hall–Kier alpha value is -2.21. The number of fused-ring (bicyclic) bond motifs is 1. The Morgan fingerprint density at radius 2 is 1.92 bits per heavy atom. The number of rotatable bonds is 7. The highest BCUT2D eigenvalue weighted by atomic mass is 32.2. The van der Waals surface area contributed by atoms with E-state index >= 15 is 0 Å². The molecule has 1 aromatic carbocycles. The lowest BCUT2D eigenvalue weighted by Gasteiger charge is -2.05. The summed E-state index contributed by atoms with van der Waals surface area (Å²) in [5.74, 6) is 1.01. The summed E-state index contributed by atoms with van der Waals surface area (Å²) in [4.78, 5) is 16.8. The van der Waals surface area contributed by atoms with Gasteiger partial charge in [-0.1, -0.05) is 49.4 Å². The molecule has 0 N–H and O–H groups in total. The van der Waals surface area contributed by atoms with E-state index in [1.807, 2.05) is 36.4 Å². The molecule has 0 radical (unpaired) electrons. The summed E-state index contributed by atoms with van der Waals surface area (Å²) < 4.78 is 1.89. The smallest absolute Gasteiger partial charge is 0.256 e. The van der Waals surface area contributed by atoms with E-state index in [1.165, 1.54) is 30.2 Å². The van der Waals surface area contributed by atoms with Crippen molar-refractivity contribution in [1.29, 1.82) is 0 Å². The maximum absolute atomic E-state index is 12.4. The minimum absolute atomic E-state index is 0.0986. The molecule has 0 aliphatic heterocycles. The number of aryl methyl sites for hydroxylation is 3. The van der Waals surface area contributed by atoms with Crippen LogP contribution in [-0.2, 0) is 6.42 Å². The Bertz CT molecular complexity index is 886. The fourth-order valence-corrected chi connectivity index (χ4v) is 3.63. The van der Waals surface area contributed by atoms with Gasteiger partial charge in [-0.2, -0.15) is 0 Å². The van der Waals surface area contributed by atoms with Crippen LogP contribution in [0, 0.1) is 13.8 Å². The third-order valence-corrected chi connectivity index (χ3v) is 5.02. The van der Waals surface area contributed by atoms with Gasteiger partial charge in [0.15, 0.2) is 10.9 Å². The number of carbonyl (C=O) groups is 1. The van der Waals surface area contributed by atoms with Gasteiger partial charge in [0.2, 0.25) is 0 Å². The third kappa shape index (κ3) is 4.07. The molecule has 0 fully saturated rings. The van der Waals surface area contributed by atoms with Crippen molar-refractivity contribution in [3.63, 3.8) is 0 Å². The number of nitrogens with zero attached hydrogens (tertiary/aromatic N) is 4. The summed E-state index contributed by atoms with van der Waals surface area (Å²) in [6.07, 6.45) is 3.42. The van der Waals surface area contributed by atoms with Crippen LogP contribution in [0.5, 0.6) is 0 Å². The average Bonchev–Trinajstić information content (AvgIpc) is 3.01. The van der Waals surface area contributed by atoms with Crippen molar-refractivity contribution in [1.82, 2.24) is 19.6 Å². The zero-order valence-electron chi connectivity index (χ0n) is 14.8. The van der Waals surface area contributed by atoms with Crippen LogP contribution >= 0.6 is 11.8 Å². The standard InChI is InChI=1S/C19H22N4OS/c1-4-5-6-15-7-9-16(10-8-15)17(24)12-25-19-22-21-18-20-13(2)11-14(3)23(18)19/h7-11H,4-6,12H2,1-3H3. The first-order valence-electron chi connectivity index (χ1n) is 8.53. The highest BCUT2D eigenvalue weighted by Gasteiger charge is 2.13. The van der Waals surface area contributed by atoms with Crippen LogP contribution in [0.25, 0.3) is 5.78 Å². The molecule has 0 spiro atoms. The summed E-state index contributed by atoms with van der Waals surface area (Å²) in [5, 5.41) is 8.97. The van der Waals surface area contributed by atoms with Crippen molar-refractivity contribution in [3.8, 4) is 0 Å². The van der Waals surface area contributed by atoms with Gasteiger partial charge < -0.3 is 0 Å². The van der Waals surface area contributed by atoms with Gasteiger partial charge in [-0.25, -0.2) is 4.98 Å². The predicted octanol–water partition coefficient (Wildman–Crippen LogP) is 4.06. The lowest BCUT2D eigenvalue weighted by Crippen LogP contribution is -2.04. The highest BCUT2D eigenvalue weighted by Crippen LogP contribution is 2.20. The first-order chi connectivity index (χ1) is 12.1. The number of hydrogen-bond acceptors (Lipinski definition) is 5. The molecule has 2 aromatic heterocycles. The van der Waals surface area contributed by atoms with Gasteiger partial charge in [-0.3, -0.25) is 9.20 Å². The number of ketones is 1. The zero-order chi connectivity index (χ0) is 17.8. The van der Waals surface area contributed by atoms with E-state index in [-0.39, 0.29) is 5.78 Å². The summed E-state index contributed by atoms with van der Waals surface area (Å²) in [7, 11) is 0. The molecule has 0 unspecified atom stereocenters. The lowest BCUT2D eigenvalue weighted by atomic mass is 10.1. The molecule has 130 valence electrons. The number of thioether (sulfide) groups is 1. The van der Waals surface area contributed by atoms with Gasteiger partial charge in [0, 0.05) is 17.0 Å². The zero-order valence-corrected chi connectivity index (χ0v) is 15.6. The van der Waals surface area contributed by atoms with Crippen molar-refractivity contribution in [2.75, 3.05) is 5.75 Å². The molecule has 6 heteroatoms. The number of Topliss-reactive ketones (excluding diaryl/α,β-unsaturated/α-hetero) is 1. The van der Waals surface area contributed by atoms with E-state index < -0.39 is 0 Å². The van der Waals surface area contributed by atoms with Crippen LogP contribution in [-0.4, -0.2) is 31.1 Å². The van der Waals surface area contributed by atoms with Gasteiger partial charge in [0.05, 0.1) is 5.75 Å². The van der Waals surface area contributed by atoms with Crippen molar-refractivity contribution in [2.45, 2.75) is 45.2 Å². The minimum Gasteiger partial charge on any atom is -0.293 e. The van der Waals surface area contributed by atoms with Crippen LogP contribution in [0.4, 0.5) is 0 Å². The second kappa shape index (κ2) is 7.78. The van der Waals surface area contributed by atoms with Gasteiger partial charge >= 0.3 is 0 Å². The van der Waals surface area contributed by atoms with Crippen molar-refractivity contribution in [2.24, 2.45) is 0 Å². The maximum Gasteiger partial charge on any atom is 0.256 e. The molecule has 3 aromatic rings. The predicted molar refractivity (Wildman–Crippen MR) is 100 cm³/mol. The fourth-order valence-electron chi connectivity index (χ4n) is 2.75. The lowest BCUT2D eigenvalue weighted by molar-refractivity contribution is 0.102. The van der Waals surface area contributed by atoms with E-state index in [0.717, 1.165) is 23.4 Å². The number of benzene rings is 1. The Labute approximate surface area is 151 Å². The monoisotopic (exact) mass is 354 g/mol. The molecule has 0 aliphatic carbocycles. The molecule has 0 atom stereocenters. The molecular weight excluding hydrogens is 332 g/mol. The van der Waals surface area contributed by atoms with Crippen molar-refractivity contribution < 1.29 is 4.79 Å². The average molecular weight is 354 g/mol. The number of carbonyl (C=O) groups excluding carboxylic acids is 1. The summed E-state index contributed by atoms with van der Waals surface area (Å²) in [6.45, 7) is 6.11. The van der Waals surface area contributed by atoms with Crippen molar-refractivity contribution >= 4 is 23.3 Å². The summed E-state index contributed by atoms with van der Waals surface area (Å²) in [6, 6.07) is 9.93. The molecule has 2 heterocycles. The molecule has 0 aliphatic rings. The Morgan fingerprint density at radius 1 is 1.16 bits per heavy atom. The van der Waals surface area contributed by atoms with Crippen LogP contribution in [0.3, 0.4) is 0 Å². The van der Waals surface area contributed by atoms with Crippen molar-refractivity contribution in [3.05, 3.63) is 52.8 Å². The van der Waals surface area contributed by atoms with Crippen LogP contribution in [0.1, 0.15) is 47.1 Å². The Morgan fingerprint density at radius 3 is 2.64 bits per heavy atom. The molecule has 3 rings (SSSR count). The molecule has 25 heavy (non-hydrogen) atoms. The molecule has 0 saturated carbocycles. The fraction of sp³-hybridized carbons (Fsp3) is 0.368. The number of unbranched alkanes of at least 4 members (excludes halogenated alkanes) is 1. The molecule has 0 saturated heterocycles. The Balaban J connectivity index is 1.68. The van der Waals surface area contributed by atoms with E-state index in [4.69, 9.17) is 0 Å². The van der Waals surface area contributed by atoms with E-state index in [1.54, 1.807) is 0 Å². The van der Waals surface area contributed by atoms with Gasteiger partial charge in [-0.15, -0.1) is 10.2 Å². The van der Waals surface area contributed by atoms with Crippen LogP contribution in [0.2, 0.25) is 0 Å². The maximum atomic E-state index is 12.4. The molecule has 0 amide bonds. The summed E-state index contributed by atoms with van der Waals surface area (Å²) in [5.41, 5.74) is 3.95.